The molecule has 2 amide bonds. The number of hydrogen-bond donors (Lipinski definition) is 3. The molecule has 2 unspecified atom stereocenters. The molecule has 0 saturated carbocycles. The summed E-state index contributed by atoms with van der Waals surface area (Å²) >= 11 is 0. The smallest absolute Gasteiger partial charge is 0.263 e. The van der Waals surface area contributed by atoms with E-state index in [-0.39, 0.29) is 18.0 Å². The van der Waals surface area contributed by atoms with Crippen LogP contribution in [0.15, 0.2) is 83.9 Å². The number of methoxy groups -OCH3 is 1. The summed E-state index contributed by atoms with van der Waals surface area (Å²) in [4.78, 5) is 30.4. The lowest BCUT2D eigenvalue weighted by Crippen LogP contribution is -2.47. The number of nitrogens with two attached hydrogens (primary N) is 2. The lowest BCUT2D eigenvalue weighted by Gasteiger charge is -2.42. The monoisotopic (exact) mass is 428 g/mol. The van der Waals surface area contributed by atoms with E-state index in [1.54, 1.807) is 30.3 Å². The van der Waals surface area contributed by atoms with Crippen molar-refractivity contribution in [3.63, 3.8) is 0 Å². The molecule has 1 aliphatic rings. The van der Waals surface area contributed by atoms with Gasteiger partial charge in [-0.2, -0.15) is 0 Å². The van der Waals surface area contributed by atoms with Gasteiger partial charge in [0.25, 0.3) is 5.91 Å². The first kappa shape index (κ1) is 21.3. The first-order chi connectivity index (χ1) is 15.5. The van der Waals surface area contributed by atoms with Gasteiger partial charge in [-0.1, -0.05) is 60.7 Å². The van der Waals surface area contributed by atoms with Gasteiger partial charge >= 0.3 is 0 Å². The Labute approximate surface area is 186 Å². The summed E-state index contributed by atoms with van der Waals surface area (Å²) < 4.78 is 6.11. The Morgan fingerprint density at radius 1 is 1.00 bits per heavy atom. The minimum absolute atomic E-state index is 0.0487. The van der Waals surface area contributed by atoms with E-state index in [2.05, 4.69) is 10.3 Å². The third-order valence-corrected chi connectivity index (χ3v) is 5.77. The number of ether oxygens (including phenoxy) is 1. The lowest BCUT2D eigenvalue weighted by molar-refractivity contribution is -0.127. The van der Waals surface area contributed by atoms with Crippen LogP contribution in [0.1, 0.15) is 23.5 Å². The highest BCUT2D eigenvalue weighted by molar-refractivity contribution is 6.39. The number of nitrogen functional groups attached to an aromatic ring is 1. The third-order valence-electron chi connectivity index (χ3n) is 5.77. The Morgan fingerprint density at radius 3 is 2.34 bits per heavy atom. The minimum atomic E-state index is -1.21. The quantitative estimate of drug-likeness (QED) is 0.521. The number of carbonyl (C=O) groups is 2. The van der Waals surface area contributed by atoms with Crippen LogP contribution in [0.25, 0.3) is 0 Å². The van der Waals surface area contributed by atoms with E-state index in [1.807, 2.05) is 48.5 Å². The van der Waals surface area contributed by atoms with Gasteiger partial charge in [0.2, 0.25) is 5.91 Å². The Hall–Kier alpha value is -3.97. The van der Waals surface area contributed by atoms with Gasteiger partial charge in [-0.05, 0) is 23.8 Å². The zero-order chi connectivity index (χ0) is 22.7. The number of amides is 2. The van der Waals surface area contributed by atoms with Crippen molar-refractivity contribution < 1.29 is 14.3 Å². The van der Waals surface area contributed by atoms with Gasteiger partial charge < -0.3 is 21.5 Å². The second-order valence-corrected chi connectivity index (χ2v) is 7.63. The Balaban J connectivity index is 1.90. The molecule has 0 radical (unpaired) electrons. The van der Waals surface area contributed by atoms with Gasteiger partial charge in [0.05, 0.1) is 23.0 Å². The molecule has 0 aliphatic carbocycles. The van der Waals surface area contributed by atoms with Crippen LogP contribution in [0.5, 0.6) is 0 Å². The molecule has 7 nitrogen and oxygen atoms in total. The van der Waals surface area contributed by atoms with Gasteiger partial charge in [0.15, 0.2) is 0 Å². The van der Waals surface area contributed by atoms with Crippen LogP contribution >= 0.6 is 0 Å². The Bertz CT molecular complexity index is 1190. The molecule has 0 bridgehead atoms. The van der Waals surface area contributed by atoms with Crippen LogP contribution in [0.4, 0.5) is 17.1 Å². The van der Waals surface area contributed by atoms with Crippen LogP contribution in [0.2, 0.25) is 0 Å². The molecule has 7 heteroatoms. The molecular weight excluding hydrogens is 404 g/mol. The van der Waals surface area contributed by atoms with Crippen molar-refractivity contribution in [2.24, 2.45) is 10.7 Å². The molecule has 0 aromatic heterocycles. The fourth-order valence-corrected chi connectivity index (χ4v) is 4.25. The first-order valence-corrected chi connectivity index (χ1v) is 10.2. The maximum Gasteiger partial charge on any atom is 0.263 e. The highest BCUT2D eigenvalue weighted by Gasteiger charge is 2.50. The number of hydrogen-bond acceptors (Lipinski definition) is 5. The first-order valence-electron chi connectivity index (χ1n) is 10.2. The summed E-state index contributed by atoms with van der Waals surface area (Å²) in [7, 11) is 1.53. The lowest BCUT2D eigenvalue weighted by atomic mass is 9.71. The van der Waals surface area contributed by atoms with Crippen LogP contribution < -0.4 is 16.8 Å². The second-order valence-electron chi connectivity index (χ2n) is 7.63. The summed E-state index contributed by atoms with van der Waals surface area (Å²) in [5.74, 6) is -1.80. The number of primary amides is 1. The van der Waals surface area contributed by atoms with Gasteiger partial charge in [0.1, 0.15) is 11.3 Å². The number of rotatable bonds is 6. The molecular formula is C25H24N4O3. The fraction of sp³-hybridized carbons (Fsp3) is 0.160. The topological polar surface area (TPSA) is 120 Å². The van der Waals surface area contributed by atoms with Gasteiger partial charge in [0, 0.05) is 19.1 Å². The van der Waals surface area contributed by atoms with Crippen LogP contribution in [-0.2, 0) is 19.9 Å². The minimum Gasteiger partial charge on any atom is -0.397 e. The van der Waals surface area contributed by atoms with E-state index in [1.165, 1.54) is 7.11 Å². The number of nitrogens with one attached hydrogen (secondary N) is 1. The van der Waals surface area contributed by atoms with E-state index >= 15 is 0 Å². The summed E-state index contributed by atoms with van der Waals surface area (Å²) in [6.07, 6.45) is 0.0487. The average Bonchev–Trinajstić information content (AvgIpc) is 2.81. The molecule has 32 heavy (non-hydrogen) atoms. The number of anilines is 2. The van der Waals surface area contributed by atoms with Crippen molar-refractivity contribution in [1.82, 2.24) is 0 Å². The molecule has 2 atom stereocenters. The molecule has 0 fully saturated rings. The zero-order valence-corrected chi connectivity index (χ0v) is 17.6. The standard InChI is InChI=1S/C25H24N4O3/c1-32-25(15-21(23(27)30)28-19-13-7-5-11-17(19)25)22(16-9-3-2-4-10-16)24(31)29-20-14-8-6-12-18(20)26/h2-14,22H,15,26H2,1H3,(H2,27,30)(H,29,31). The molecule has 162 valence electrons. The fourth-order valence-electron chi connectivity index (χ4n) is 4.25. The van der Waals surface area contributed by atoms with E-state index in [0.717, 1.165) is 5.56 Å². The summed E-state index contributed by atoms with van der Waals surface area (Å²) in [5.41, 5.74) is 13.5. The van der Waals surface area contributed by atoms with Crippen molar-refractivity contribution >= 4 is 34.6 Å². The number of nitrogens with zero attached hydrogens (tertiary/aromatic N) is 1. The van der Waals surface area contributed by atoms with E-state index < -0.39 is 17.4 Å². The van der Waals surface area contributed by atoms with Crippen LogP contribution in [0, 0.1) is 0 Å². The van der Waals surface area contributed by atoms with Gasteiger partial charge in [-0.25, -0.2) is 4.99 Å². The van der Waals surface area contributed by atoms with Crippen molar-refractivity contribution in [2.45, 2.75) is 17.9 Å². The molecule has 5 N–H and O–H groups in total. The number of carbonyl (C=O) groups excluding carboxylic acids is 2. The van der Waals surface area contributed by atoms with Crippen molar-refractivity contribution in [1.29, 1.82) is 0 Å². The molecule has 4 rings (SSSR count). The SMILES string of the molecule is COC1(C(C(=O)Nc2ccccc2N)c2ccccc2)CC(C(N)=O)=Nc2ccccc21. The summed E-state index contributed by atoms with van der Waals surface area (Å²) in [6.45, 7) is 0. The maximum absolute atomic E-state index is 13.8. The van der Waals surface area contributed by atoms with Crippen LogP contribution in [0.3, 0.4) is 0 Å². The normalized spacial score (nSPS) is 18.2. The average molecular weight is 428 g/mol. The number of para-hydroxylation sites is 3. The van der Waals surface area contributed by atoms with E-state index in [0.29, 0.717) is 22.6 Å². The molecule has 1 aliphatic heterocycles. The Kier molecular flexibility index (Phi) is 5.75. The second kappa shape index (κ2) is 8.64. The predicted octanol–water partition coefficient (Wildman–Crippen LogP) is 3.49. The highest BCUT2D eigenvalue weighted by Crippen LogP contribution is 2.49. The maximum atomic E-state index is 13.8. The van der Waals surface area contributed by atoms with Gasteiger partial charge in [-0.3, -0.25) is 9.59 Å². The molecule has 0 spiro atoms. The number of benzene rings is 3. The van der Waals surface area contributed by atoms with Crippen LogP contribution in [-0.4, -0.2) is 24.6 Å². The van der Waals surface area contributed by atoms with Gasteiger partial charge in [-0.15, -0.1) is 0 Å². The molecule has 1 heterocycles. The number of aliphatic imine (C=N–C) groups is 1. The largest absolute Gasteiger partial charge is 0.397 e. The highest BCUT2D eigenvalue weighted by atomic mass is 16.5. The van der Waals surface area contributed by atoms with Crippen molar-refractivity contribution in [3.8, 4) is 0 Å². The number of fused-ring (bicyclic) bond motifs is 1. The van der Waals surface area contributed by atoms with E-state index in [4.69, 9.17) is 16.2 Å². The molecule has 3 aromatic carbocycles. The molecule has 3 aromatic rings. The molecule has 0 saturated heterocycles. The van der Waals surface area contributed by atoms with Crippen molar-refractivity contribution in [2.75, 3.05) is 18.2 Å². The summed E-state index contributed by atoms with van der Waals surface area (Å²) in [5, 5.41) is 2.94. The predicted molar refractivity (Wildman–Crippen MR) is 125 cm³/mol. The Morgan fingerprint density at radius 2 is 1.66 bits per heavy atom. The van der Waals surface area contributed by atoms with E-state index in [9.17, 15) is 9.59 Å². The summed E-state index contributed by atoms with van der Waals surface area (Å²) in [6, 6.07) is 23.6. The zero-order valence-electron chi connectivity index (χ0n) is 17.6. The third kappa shape index (κ3) is 3.74. The van der Waals surface area contributed by atoms with Crippen molar-refractivity contribution in [3.05, 3.63) is 90.0 Å².